The third kappa shape index (κ3) is 4.23. The smallest absolute Gasteiger partial charge is 0.192 e. The van der Waals surface area contributed by atoms with E-state index in [1.807, 2.05) is 10.9 Å². The second-order valence-electron chi connectivity index (χ2n) is 6.07. The van der Waals surface area contributed by atoms with E-state index < -0.39 is 8.32 Å². The predicted molar refractivity (Wildman–Crippen MR) is 77.7 cm³/mol. The van der Waals surface area contributed by atoms with Gasteiger partial charge in [-0.05, 0) is 41.0 Å². The summed E-state index contributed by atoms with van der Waals surface area (Å²) >= 11 is 3.40. The molecule has 0 amide bonds. The lowest BCUT2D eigenvalue weighted by Crippen LogP contribution is -2.44. The number of rotatable bonds is 4. The fraction of sp³-hybridized carbons (Fsp3) is 0.750. The Hall–Kier alpha value is -0.133. The largest absolute Gasteiger partial charge is 0.412 e. The van der Waals surface area contributed by atoms with Gasteiger partial charge in [-0.3, -0.25) is 4.68 Å². The third-order valence-corrected chi connectivity index (χ3v) is 8.36. The Morgan fingerprint density at radius 3 is 2.47 bits per heavy atom. The first-order valence-electron chi connectivity index (χ1n) is 5.97. The van der Waals surface area contributed by atoms with Crippen molar-refractivity contribution in [3.05, 3.63) is 16.9 Å². The minimum Gasteiger partial charge on any atom is -0.412 e. The van der Waals surface area contributed by atoms with Gasteiger partial charge in [0.05, 0.1) is 23.3 Å². The first-order valence-corrected chi connectivity index (χ1v) is 9.68. The molecular formula is C12H23BrN2OSi. The van der Waals surface area contributed by atoms with Gasteiger partial charge in [0, 0.05) is 6.20 Å². The summed E-state index contributed by atoms with van der Waals surface area (Å²) in [5.41, 5.74) is 0. The molecule has 98 valence electrons. The van der Waals surface area contributed by atoms with Gasteiger partial charge in [0.1, 0.15) is 0 Å². The highest BCUT2D eigenvalue weighted by molar-refractivity contribution is 9.10. The maximum Gasteiger partial charge on any atom is 0.192 e. The molecule has 1 heterocycles. The zero-order chi connectivity index (χ0) is 13.3. The summed E-state index contributed by atoms with van der Waals surface area (Å²) in [7, 11) is -1.67. The van der Waals surface area contributed by atoms with Crippen LogP contribution >= 0.6 is 15.9 Å². The summed E-state index contributed by atoms with van der Waals surface area (Å²) in [6.45, 7) is 14.3. The molecule has 1 atom stereocenters. The molecule has 1 aromatic rings. The first kappa shape index (κ1) is 14.9. The van der Waals surface area contributed by atoms with E-state index in [1.54, 1.807) is 6.20 Å². The zero-order valence-corrected chi connectivity index (χ0v) is 14.2. The molecule has 0 unspecified atom stereocenters. The summed E-state index contributed by atoms with van der Waals surface area (Å²) in [5, 5.41) is 4.51. The van der Waals surface area contributed by atoms with E-state index in [1.165, 1.54) is 0 Å². The summed E-state index contributed by atoms with van der Waals surface area (Å²) in [6.07, 6.45) is 3.98. The van der Waals surface area contributed by atoms with Crippen LogP contribution < -0.4 is 0 Å². The van der Waals surface area contributed by atoms with Crippen molar-refractivity contribution in [3.8, 4) is 0 Å². The van der Waals surface area contributed by atoms with Crippen LogP contribution in [0.3, 0.4) is 0 Å². The van der Waals surface area contributed by atoms with Gasteiger partial charge in [-0.1, -0.05) is 20.8 Å². The molecule has 0 fully saturated rings. The molecule has 5 heteroatoms. The fourth-order valence-electron chi connectivity index (χ4n) is 1.42. The van der Waals surface area contributed by atoms with E-state index in [9.17, 15) is 0 Å². The summed E-state index contributed by atoms with van der Waals surface area (Å²) in [4.78, 5) is 0. The number of aromatic nitrogens is 2. The van der Waals surface area contributed by atoms with Crippen LogP contribution in [0, 0.1) is 0 Å². The van der Waals surface area contributed by atoms with Gasteiger partial charge in [-0.25, -0.2) is 0 Å². The Balaban J connectivity index is 2.58. The van der Waals surface area contributed by atoms with Crippen LogP contribution in [0.1, 0.15) is 27.7 Å². The molecule has 0 radical (unpaired) electrons. The van der Waals surface area contributed by atoms with Crippen LogP contribution in [-0.2, 0) is 11.0 Å². The highest BCUT2D eigenvalue weighted by atomic mass is 79.9. The van der Waals surface area contributed by atoms with Gasteiger partial charge in [0.2, 0.25) is 0 Å². The first-order chi connectivity index (χ1) is 7.62. The van der Waals surface area contributed by atoms with E-state index >= 15 is 0 Å². The normalized spacial score (nSPS) is 15.0. The Kier molecular flexibility index (Phi) is 4.60. The Morgan fingerprint density at radius 2 is 2.06 bits per heavy atom. The molecule has 0 aromatic carbocycles. The van der Waals surface area contributed by atoms with Gasteiger partial charge < -0.3 is 4.43 Å². The lowest BCUT2D eigenvalue weighted by atomic mass is 10.2. The Bertz CT molecular complexity index is 371. The van der Waals surface area contributed by atoms with Crippen LogP contribution in [-0.4, -0.2) is 24.2 Å². The van der Waals surface area contributed by atoms with Gasteiger partial charge in [0.15, 0.2) is 8.32 Å². The highest BCUT2D eigenvalue weighted by Gasteiger charge is 2.38. The van der Waals surface area contributed by atoms with E-state index in [2.05, 4.69) is 61.8 Å². The molecule has 0 saturated heterocycles. The SMILES string of the molecule is C[C@@H](Cn1cc(Br)cn1)O[Si](C)(C)C(C)(C)C. The van der Waals surface area contributed by atoms with Crippen LogP contribution in [0.2, 0.25) is 18.1 Å². The predicted octanol–water partition coefficient (Wildman–Crippen LogP) is 4.06. The standard InChI is InChI=1S/C12H23BrN2OSi/c1-10(8-15-9-11(13)7-14-15)16-17(5,6)12(2,3)4/h7,9-10H,8H2,1-6H3/t10-/m0/s1. The minimum atomic E-state index is -1.67. The fourth-order valence-corrected chi connectivity index (χ4v) is 3.18. The second-order valence-corrected chi connectivity index (χ2v) is 11.7. The molecule has 0 aliphatic rings. The third-order valence-electron chi connectivity index (χ3n) is 3.35. The lowest BCUT2D eigenvalue weighted by Gasteiger charge is -2.38. The van der Waals surface area contributed by atoms with Crippen LogP contribution in [0.25, 0.3) is 0 Å². The average Bonchev–Trinajstić information content (AvgIpc) is 2.47. The maximum absolute atomic E-state index is 6.28. The van der Waals surface area contributed by atoms with Crippen LogP contribution in [0.5, 0.6) is 0 Å². The molecule has 3 nitrogen and oxygen atoms in total. The van der Waals surface area contributed by atoms with Crippen molar-refractivity contribution in [2.75, 3.05) is 0 Å². The Morgan fingerprint density at radius 1 is 1.47 bits per heavy atom. The van der Waals surface area contributed by atoms with E-state index in [0.29, 0.717) is 0 Å². The van der Waals surface area contributed by atoms with Crippen molar-refractivity contribution >= 4 is 24.2 Å². The van der Waals surface area contributed by atoms with Gasteiger partial charge in [-0.15, -0.1) is 0 Å². The molecule has 0 aliphatic heterocycles. The lowest BCUT2D eigenvalue weighted by molar-refractivity contribution is 0.174. The number of hydrogen-bond acceptors (Lipinski definition) is 2. The molecule has 0 saturated carbocycles. The number of hydrogen-bond donors (Lipinski definition) is 0. The molecule has 1 rings (SSSR count). The van der Waals surface area contributed by atoms with E-state index in [0.717, 1.165) is 11.0 Å². The molecule has 0 N–H and O–H groups in total. The van der Waals surface area contributed by atoms with Crippen LogP contribution in [0.15, 0.2) is 16.9 Å². The number of nitrogens with zero attached hydrogens (tertiary/aromatic N) is 2. The van der Waals surface area contributed by atoms with Crippen molar-refractivity contribution in [2.45, 2.75) is 58.5 Å². The molecular weight excluding hydrogens is 296 g/mol. The monoisotopic (exact) mass is 318 g/mol. The van der Waals surface area contributed by atoms with Crippen molar-refractivity contribution < 1.29 is 4.43 Å². The summed E-state index contributed by atoms with van der Waals surface area (Å²) < 4.78 is 9.21. The zero-order valence-electron chi connectivity index (χ0n) is 11.6. The molecule has 0 bridgehead atoms. The molecule has 17 heavy (non-hydrogen) atoms. The Labute approximate surface area is 114 Å². The molecule has 0 spiro atoms. The summed E-state index contributed by atoms with van der Waals surface area (Å²) in [6, 6.07) is 0. The quantitative estimate of drug-likeness (QED) is 0.783. The van der Waals surface area contributed by atoms with Gasteiger partial charge in [0.25, 0.3) is 0 Å². The van der Waals surface area contributed by atoms with E-state index in [4.69, 9.17) is 4.43 Å². The maximum atomic E-state index is 6.28. The summed E-state index contributed by atoms with van der Waals surface area (Å²) in [5.74, 6) is 0. The van der Waals surface area contributed by atoms with Crippen molar-refractivity contribution in [3.63, 3.8) is 0 Å². The molecule has 1 aromatic heterocycles. The van der Waals surface area contributed by atoms with Crippen molar-refractivity contribution in [2.24, 2.45) is 0 Å². The highest BCUT2D eigenvalue weighted by Crippen LogP contribution is 2.37. The van der Waals surface area contributed by atoms with E-state index in [-0.39, 0.29) is 11.1 Å². The van der Waals surface area contributed by atoms with Crippen molar-refractivity contribution in [1.82, 2.24) is 9.78 Å². The second kappa shape index (κ2) is 5.24. The number of halogens is 1. The molecule has 0 aliphatic carbocycles. The minimum absolute atomic E-state index is 0.197. The van der Waals surface area contributed by atoms with Crippen LogP contribution in [0.4, 0.5) is 0 Å². The van der Waals surface area contributed by atoms with Gasteiger partial charge in [-0.2, -0.15) is 5.10 Å². The van der Waals surface area contributed by atoms with Gasteiger partial charge >= 0.3 is 0 Å². The average molecular weight is 319 g/mol. The topological polar surface area (TPSA) is 27.1 Å². The van der Waals surface area contributed by atoms with Crippen molar-refractivity contribution in [1.29, 1.82) is 0 Å².